The van der Waals surface area contributed by atoms with Gasteiger partial charge in [0.15, 0.2) is 5.60 Å². The Morgan fingerprint density at radius 1 is 1.21 bits per heavy atom. The van der Waals surface area contributed by atoms with E-state index in [4.69, 9.17) is 9.88 Å². The van der Waals surface area contributed by atoms with E-state index in [1.807, 2.05) is 0 Å². The summed E-state index contributed by atoms with van der Waals surface area (Å²) in [6.45, 7) is 3.26. The number of benzene rings is 1. The molecule has 8 heteroatoms. The molecule has 5 nitrogen and oxygen atoms in total. The molecule has 0 radical (unpaired) electrons. The third-order valence-corrected chi connectivity index (χ3v) is 5.47. The Morgan fingerprint density at radius 3 is 2.33 bits per heavy atom. The highest BCUT2D eigenvalue weighted by Crippen LogP contribution is 2.42. The van der Waals surface area contributed by atoms with Gasteiger partial charge in [-0.2, -0.15) is 0 Å². The Balaban J connectivity index is 2.15. The maximum Gasteiger partial charge on any atom is 0.238 e. The van der Waals surface area contributed by atoms with Crippen molar-refractivity contribution in [3.8, 4) is 0 Å². The molecule has 2 aromatic rings. The zero-order valence-electron chi connectivity index (χ0n) is 12.9. The van der Waals surface area contributed by atoms with Gasteiger partial charge in [-0.05, 0) is 44.2 Å². The monoisotopic (exact) mass is 367 g/mol. The summed E-state index contributed by atoms with van der Waals surface area (Å²) in [5.41, 5.74) is -0.272. The fraction of sp³-hybridized carbons (Fsp3) is 0.188. The van der Waals surface area contributed by atoms with Crippen molar-refractivity contribution in [2.75, 3.05) is 0 Å². The van der Waals surface area contributed by atoms with Gasteiger partial charge in [0, 0.05) is 15.8 Å². The second kappa shape index (κ2) is 5.51. The van der Waals surface area contributed by atoms with Crippen LogP contribution in [-0.2, 0) is 19.6 Å². The minimum absolute atomic E-state index is 0.0425. The Morgan fingerprint density at radius 2 is 1.83 bits per heavy atom. The minimum atomic E-state index is -3.81. The number of carbonyl (C=O) groups excluding carboxylic acids is 1. The molecule has 1 aromatic heterocycles. The normalized spacial score (nSPS) is 17.2. The number of Topliss-reactive ketones (excluding diaryl/α,β-unsaturated/α-hetero) is 1. The number of carbonyl (C=O) groups is 1. The minimum Gasteiger partial charge on any atom is -0.478 e. The molecular formula is C16H14FNO4S2. The number of hydrogen-bond donors (Lipinski definition) is 1. The smallest absolute Gasteiger partial charge is 0.238 e. The van der Waals surface area contributed by atoms with Gasteiger partial charge in [0.25, 0.3) is 0 Å². The first-order valence-electron chi connectivity index (χ1n) is 6.95. The standard InChI is InChI=1S/C16H14FNO4S2/c1-16(2)15(19)13(12-7-10(17)8-23-12)14(22-16)9-3-5-11(6-4-9)24(18,20)21/h3-8H,1-2H3,(H2,18,20,21). The lowest BCUT2D eigenvalue weighted by Gasteiger charge is -2.17. The van der Waals surface area contributed by atoms with Crippen LogP contribution in [-0.4, -0.2) is 19.8 Å². The predicted octanol–water partition coefficient (Wildman–Crippen LogP) is 2.78. The second-order valence-corrected chi connectivity index (χ2v) is 8.32. The highest BCUT2D eigenvalue weighted by Gasteiger charge is 2.43. The third kappa shape index (κ3) is 2.88. The van der Waals surface area contributed by atoms with Crippen LogP contribution in [0.1, 0.15) is 24.3 Å². The number of nitrogens with two attached hydrogens (primary N) is 1. The number of ether oxygens (including phenoxy) is 1. The van der Waals surface area contributed by atoms with Gasteiger partial charge in [-0.25, -0.2) is 17.9 Å². The average Bonchev–Trinajstić information content (AvgIpc) is 3.00. The van der Waals surface area contributed by atoms with E-state index in [1.165, 1.54) is 35.7 Å². The summed E-state index contributed by atoms with van der Waals surface area (Å²) in [5, 5.41) is 6.39. The Labute approximate surface area is 142 Å². The molecule has 0 saturated heterocycles. The molecule has 2 N–H and O–H groups in total. The van der Waals surface area contributed by atoms with Crippen LogP contribution in [0.2, 0.25) is 0 Å². The second-order valence-electron chi connectivity index (χ2n) is 5.84. The predicted molar refractivity (Wildman–Crippen MR) is 89.1 cm³/mol. The molecule has 126 valence electrons. The number of hydrogen-bond acceptors (Lipinski definition) is 5. The highest BCUT2D eigenvalue weighted by molar-refractivity contribution is 7.89. The number of ketones is 1. The molecule has 0 atom stereocenters. The van der Waals surface area contributed by atoms with E-state index in [0.717, 1.165) is 11.3 Å². The first-order chi connectivity index (χ1) is 11.1. The van der Waals surface area contributed by atoms with Crippen molar-refractivity contribution in [2.45, 2.75) is 24.3 Å². The number of primary sulfonamides is 1. The quantitative estimate of drug-likeness (QED) is 0.904. The number of thiophene rings is 1. The Bertz CT molecular complexity index is 956. The van der Waals surface area contributed by atoms with E-state index in [-0.39, 0.29) is 16.3 Å². The van der Waals surface area contributed by atoms with E-state index in [2.05, 4.69) is 0 Å². The molecule has 1 aliphatic rings. The lowest BCUT2D eigenvalue weighted by molar-refractivity contribution is -0.125. The molecule has 0 aliphatic carbocycles. The first-order valence-corrected chi connectivity index (χ1v) is 9.38. The van der Waals surface area contributed by atoms with E-state index in [0.29, 0.717) is 16.2 Å². The van der Waals surface area contributed by atoms with Crippen molar-refractivity contribution >= 4 is 38.5 Å². The van der Waals surface area contributed by atoms with Gasteiger partial charge in [-0.3, -0.25) is 4.79 Å². The van der Waals surface area contributed by atoms with Crippen molar-refractivity contribution in [2.24, 2.45) is 5.14 Å². The lowest BCUT2D eigenvalue weighted by atomic mass is 9.97. The Kier molecular flexibility index (Phi) is 3.86. The van der Waals surface area contributed by atoms with Crippen molar-refractivity contribution in [1.82, 2.24) is 0 Å². The maximum absolute atomic E-state index is 13.4. The van der Waals surface area contributed by atoms with Crippen molar-refractivity contribution in [1.29, 1.82) is 0 Å². The van der Waals surface area contributed by atoms with E-state index in [1.54, 1.807) is 13.8 Å². The topological polar surface area (TPSA) is 86.5 Å². The van der Waals surface area contributed by atoms with Gasteiger partial charge in [-0.1, -0.05) is 0 Å². The maximum atomic E-state index is 13.4. The summed E-state index contributed by atoms with van der Waals surface area (Å²) in [7, 11) is -3.81. The largest absolute Gasteiger partial charge is 0.478 e. The van der Waals surface area contributed by atoms with Crippen LogP contribution in [0.25, 0.3) is 11.3 Å². The van der Waals surface area contributed by atoms with Gasteiger partial charge >= 0.3 is 0 Å². The van der Waals surface area contributed by atoms with Crippen molar-refractivity contribution in [3.05, 3.63) is 52.0 Å². The zero-order valence-corrected chi connectivity index (χ0v) is 14.5. The summed E-state index contributed by atoms with van der Waals surface area (Å²) >= 11 is 1.11. The Hall–Kier alpha value is -2.03. The molecule has 24 heavy (non-hydrogen) atoms. The summed E-state index contributed by atoms with van der Waals surface area (Å²) in [6.07, 6.45) is 0. The summed E-state index contributed by atoms with van der Waals surface area (Å²) in [6, 6.07) is 6.97. The number of rotatable bonds is 3. The molecule has 0 amide bonds. The molecule has 0 spiro atoms. The summed E-state index contributed by atoms with van der Waals surface area (Å²) in [4.78, 5) is 13.1. The lowest BCUT2D eigenvalue weighted by Crippen LogP contribution is -2.29. The van der Waals surface area contributed by atoms with E-state index >= 15 is 0 Å². The van der Waals surface area contributed by atoms with Crippen LogP contribution in [0.5, 0.6) is 0 Å². The van der Waals surface area contributed by atoms with Crippen molar-refractivity contribution < 1.29 is 22.3 Å². The third-order valence-electron chi connectivity index (χ3n) is 3.62. The zero-order chi connectivity index (χ0) is 17.7. The van der Waals surface area contributed by atoms with Gasteiger partial charge in [-0.15, -0.1) is 11.3 Å². The number of sulfonamides is 1. The van der Waals surface area contributed by atoms with Crippen LogP contribution in [0.4, 0.5) is 4.39 Å². The molecule has 3 rings (SSSR count). The molecule has 0 bridgehead atoms. The van der Waals surface area contributed by atoms with Gasteiger partial charge in [0.2, 0.25) is 15.8 Å². The number of halogens is 1. The molecular weight excluding hydrogens is 353 g/mol. The van der Waals surface area contributed by atoms with Gasteiger partial charge in [0.05, 0.1) is 10.5 Å². The summed E-state index contributed by atoms with van der Waals surface area (Å²) < 4.78 is 41.9. The molecule has 1 aromatic carbocycles. The fourth-order valence-electron chi connectivity index (χ4n) is 2.42. The molecule has 0 saturated carbocycles. The van der Waals surface area contributed by atoms with Crippen LogP contribution < -0.4 is 5.14 Å². The average molecular weight is 367 g/mol. The van der Waals surface area contributed by atoms with Crippen molar-refractivity contribution in [3.63, 3.8) is 0 Å². The van der Waals surface area contributed by atoms with Crippen LogP contribution >= 0.6 is 11.3 Å². The molecule has 2 heterocycles. The fourth-order valence-corrected chi connectivity index (χ4v) is 3.73. The molecule has 0 fully saturated rings. The molecule has 0 unspecified atom stereocenters. The van der Waals surface area contributed by atoms with Crippen LogP contribution in [0, 0.1) is 5.82 Å². The van der Waals surface area contributed by atoms with Crippen LogP contribution in [0.3, 0.4) is 0 Å². The van der Waals surface area contributed by atoms with E-state index < -0.39 is 21.4 Å². The first kappa shape index (κ1) is 16.8. The summed E-state index contributed by atoms with van der Waals surface area (Å²) in [5.74, 6) is -0.383. The highest BCUT2D eigenvalue weighted by atomic mass is 32.2. The SMILES string of the molecule is CC1(C)OC(c2ccc(S(N)(=O)=O)cc2)=C(c2cc(F)cs2)C1=O. The van der Waals surface area contributed by atoms with Gasteiger partial charge in [0.1, 0.15) is 11.6 Å². The van der Waals surface area contributed by atoms with Crippen LogP contribution in [0.15, 0.2) is 40.6 Å². The molecule has 1 aliphatic heterocycles. The van der Waals surface area contributed by atoms with Gasteiger partial charge < -0.3 is 4.74 Å². The van der Waals surface area contributed by atoms with E-state index in [9.17, 15) is 17.6 Å².